The highest BCUT2D eigenvalue weighted by molar-refractivity contribution is 5.58. The predicted molar refractivity (Wildman–Crippen MR) is 77.4 cm³/mol. The van der Waals surface area contributed by atoms with Gasteiger partial charge in [0.2, 0.25) is 0 Å². The Kier molecular flexibility index (Phi) is 4.42. The molecule has 2 rings (SSSR count). The molecule has 3 nitrogen and oxygen atoms in total. The van der Waals surface area contributed by atoms with E-state index in [2.05, 4.69) is 5.32 Å². The van der Waals surface area contributed by atoms with Crippen molar-refractivity contribution < 1.29 is 9.84 Å². The maximum absolute atomic E-state index is 9.57. The summed E-state index contributed by atoms with van der Waals surface area (Å²) in [4.78, 5) is 0. The van der Waals surface area contributed by atoms with E-state index in [-0.39, 0.29) is 0 Å². The maximum Gasteiger partial charge on any atom is 0.142 e. The highest BCUT2D eigenvalue weighted by Crippen LogP contribution is 2.28. The van der Waals surface area contributed by atoms with Gasteiger partial charge in [0.1, 0.15) is 12.4 Å². The smallest absolute Gasteiger partial charge is 0.142 e. The fourth-order valence-electron chi connectivity index (χ4n) is 1.86. The van der Waals surface area contributed by atoms with Crippen molar-refractivity contribution >= 4 is 5.69 Å². The van der Waals surface area contributed by atoms with Gasteiger partial charge >= 0.3 is 0 Å². The standard InChI is InChI=1S/C16H19NO2/c1-12(18)14-8-9-16(15(10-14)17-2)19-11-13-6-4-3-5-7-13/h3-10,12,17-18H,11H2,1-2H3. The Hall–Kier alpha value is -2.00. The van der Waals surface area contributed by atoms with Crippen molar-refractivity contribution in [2.45, 2.75) is 19.6 Å². The van der Waals surface area contributed by atoms with E-state index < -0.39 is 6.10 Å². The Labute approximate surface area is 113 Å². The van der Waals surface area contributed by atoms with Crippen molar-refractivity contribution in [2.24, 2.45) is 0 Å². The first kappa shape index (κ1) is 13.4. The van der Waals surface area contributed by atoms with Gasteiger partial charge in [-0.15, -0.1) is 0 Å². The summed E-state index contributed by atoms with van der Waals surface area (Å²) in [5, 5.41) is 12.7. The zero-order valence-corrected chi connectivity index (χ0v) is 11.3. The summed E-state index contributed by atoms with van der Waals surface area (Å²) >= 11 is 0. The summed E-state index contributed by atoms with van der Waals surface area (Å²) in [5.74, 6) is 0.788. The van der Waals surface area contributed by atoms with Crippen LogP contribution in [0, 0.1) is 0 Å². The molecule has 0 spiro atoms. The van der Waals surface area contributed by atoms with Crippen molar-refractivity contribution in [3.8, 4) is 5.75 Å². The van der Waals surface area contributed by atoms with Crippen LogP contribution in [-0.2, 0) is 6.61 Å². The highest BCUT2D eigenvalue weighted by atomic mass is 16.5. The van der Waals surface area contributed by atoms with Gasteiger partial charge in [-0.2, -0.15) is 0 Å². The molecular formula is C16H19NO2. The molecule has 0 aliphatic rings. The van der Waals surface area contributed by atoms with Crippen LogP contribution < -0.4 is 10.1 Å². The molecule has 19 heavy (non-hydrogen) atoms. The number of rotatable bonds is 5. The van der Waals surface area contributed by atoms with E-state index in [9.17, 15) is 5.11 Å². The van der Waals surface area contributed by atoms with Gasteiger partial charge in [0.15, 0.2) is 0 Å². The molecule has 0 aliphatic heterocycles. The monoisotopic (exact) mass is 257 g/mol. The number of anilines is 1. The fraction of sp³-hybridized carbons (Fsp3) is 0.250. The third kappa shape index (κ3) is 3.48. The van der Waals surface area contributed by atoms with Gasteiger partial charge in [-0.25, -0.2) is 0 Å². The summed E-state index contributed by atoms with van der Waals surface area (Å²) in [6, 6.07) is 15.7. The van der Waals surface area contributed by atoms with E-state index in [0.29, 0.717) is 6.61 Å². The normalized spacial score (nSPS) is 11.9. The van der Waals surface area contributed by atoms with Crippen LogP contribution in [0.2, 0.25) is 0 Å². The number of hydrogen-bond acceptors (Lipinski definition) is 3. The first-order chi connectivity index (χ1) is 9.20. The molecule has 2 N–H and O–H groups in total. The highest BCUT2D eigenvalue weighted by Gasteiger charge is 2.07. The summed E-state index contributed by atoms with van der Waals surface area (Å²) < 4.78 is 5.80. The minimum atomic E-state index is -0.477. The number of ether oxygens (including phenoxy) is 1. The summed E-state index contributed by atoms with van der Waals surface area (Å²) in [6.45, 7) is 2.28. The molecule has 3 heteroatoms. The Morgan fingerprint density at radius 2 is 1.89 bits per heavy atom. The molecule has 0 saturated heterocycles. The number of aliphatic hydroxyl groups excluding tert-OH is 1. The van der Waals surface area contributed by atoms with Crippen LogP contribution in [0.4, 0.5) is 5.69 Å². The molecule has 0 heterocycles. The minimum Gasteiger partial charge on any atom is -0.487 e. The second-order valence-corrected chi connectivity index (χ2v) is 4.46. The molecule has 0 aromatic heterocycles. The SMILES string of the molecule is CNc1cc(C(C)O)ccc1OCc1ccccc1. The van der Waals surface area contributed by atoms with Crippen LogP contribution in [-0.4, -0.2) is 12.2 Å². The number of aliphatic hydroxyl groups is 1. The van der Waals surface area contributed by atoms with E-state index in [4.69, 9.17) is 4.74 Å². The second-order valence-electron chi connectivity index (χ2n) is 4.46. The zero-order valence-electron chi connectivity index (χ0n) is 11.3. The molecule has 0 saturated carbocycles. The predicted octanol–water partition coefficient (Wildman–Crippen LogP) is 3.36. The van der Waals surface area contributed by atoms with E-state index in [0.717, 1.165) is 22.6 Å². The van der Waals surface area contributed by atoms with Gasteiger partial charge < -0.3 is 15.2 Å². The van der Waals surface area contributed by atoms with Gasteiger partial charge in [-0.3, -0.25) is 0 Å². The van der Waals surface area contributed by atoms with Crippen LogP contribution in [0.1, 0.15) is 24.2 Å². The molecule has 1 unspecified atom stereocenters. The third-order valence-electron chi connectivity index (χ3n) is 2.99. The van der Waals surface area contributed by atoms with Crippen molar-refractivity contribution in [2.75, 3.05) is 12.4 Å². The van der Waals surface area contributed by atoms with E-state index >= 15 is 0 Å². The summed E-state index contributed by atoms with van der Waals surface area (Å²) in [5.41, 5.74) is 2.88. The quantitative estimate of drug-likeness (QED) is 0.863. The van der Waals surface area contributed by atoms with Gasteiger partial charge in [0.25, 0.3) is 0 Å². The Morgan fingerprint density at radius 1 is 1.16 bits per heavy atom. The molecular weight excluding hydrogens is 238 g/mol. The first-order valence-corrected chi connectivity index (χ1v) is 6.37. The molecule has 0 aliphatic carbocycles. The lowest BCUT2D eigenvalue weighted by Crippen LogP contribution is -2.01. The Bertz CT molecular complexity index is 524. The fourth-order valence-corrected chi connectivity index (χ4v) is 1.86. The molecule has 2 aromatic carbocycles. The molecule has 2 aromatic rings. The number of benzene rings is 2. The Morgan fingerprint density at radius 3 is 2.53 bits per heavy atom. The molecule has 100 valence electrons. The summed E-state index contributed by atoms with van der Waals surface area (Å²) in [7, 11) is 1.84. The molecule has 1 atom stereocenters. The lowest BCUT2D eigenvalue weighted by atomic mass is 10.1. The topological polar surface area (TPSA) is 41.5 Å². The molecule has 0 amide bonds. The second kappa shape index (κ2) is 6.25. The third-order valence-corrected chi connectivity index (χ3v) is 2.99. The zero-order chi connectivity index (χ0) is 13.7. The average Bonchev–Trinajstić information content (AvgIpc) is 2.45. The van der Waals surface area contributed by atoms with Gasteiger partial charge in [-0.05, 0) is 30.2 Å². The molecule has 0 fully saturated rings. The van der Waals surface area contributed by atoms with Crippen molar-refractivity contribution in [3.05, 3.63) is 59.7 Å². The Balaban J connectivity index is 2.12. The summed E-state index contributed by atoms with van der Waals surface area (Å²) in [6.07, 6.45) is -0.477. The number of hydrogen-bond donors (Lipinski definition) is 2. The van der Waals surface area contributed by atoms with Crippen molar-refractivity contribution in [3.63, 3.8) is 0 Å². The van der Waals surface area contributed by atoms with Gasteiger partial charge in [-0.1, -0.05) is 36.4 Å². The lowest BCUT2D eigenvalue weighted by Gasteiger charge is -2.14. The first-order valence-electron chi connectivity index (χ1n) is 6.37. The van der Waals surface area contributed by atoms with E-state index in [1.807, 2.05) is 55.6 Å². The molecule has 0 bridgehead atoms. The maximum atomic E-state index is 9.57. The van der Waals surface area contributed by atoms with Crippen LogP contribution in [0.15, 0.2) is 48.5 Å². The number of nitrogens with one attached hydrogen (secondary N) is 1. The van der Waals surface area contributed by atoms with Gasteiger partial charge in [0.05, 0.1) is 11.8 Å². The lowest BCUT2D eigenvalue weighted by molar-refractivity contribution is 0.199. The van der Waals surface area contributed by atoms with Crippen LogP contribution >= 0.6 is 0 Å². The minimum absolute atomic E-state index is 0.477. The van der Waals surface area contributed by atoms with Crippen LogP contribution in [0.5, 0.6) is 5.75 Å². The molecule has 0 radical (unpaired) electrons. The van der Waals surface area contributed by atoms with Gasteiger partial charge in [0, 0.05) is 7.05 Å². The van der Waals surface area contributed by atoms with Crippen LogP contribution in [0.25, 0.3) is 0 Å². The van der Waals surface area contributed by atoms with E-state index in [1.165, 1.54) is 0 Å². The van der Waals surface area contributed by atoms with Crippen LogP contribution in [0.3, 0.4) is 0 Å². The van der Waals surface area contributed by atoms with Crippen molar-refractivity contribution in [1.82, 2.24) is 0 Å². The van der Waals surface area contributed by atoms with E-state index in [1.54, 1.807) is 6.92 Å². The van der Waals surface area contributed by atoms with Crippen molar-refractivity contribution in [1.29, 1.82) is 0 Å². The largest absolute Gasteiger partial charge is 0.487 e. The average molecular weight is 257 g/mol.